The first kappa shape index (κ1) is 10.6. The van der Waals surface area contributed by atoms with Crippen molar-refractivity contribution in [2.45, 2.75) is 38.8 Å². The van der Waals surface area contributed by atoms with Gasteiger partial charge < -0.3 is 10.3 Å². The molecular formula is C11H19N3O. The van der Waals surface area contributed by atoms with E-state index >= 15 is 0 Å². The fourth-order valence-corrected chi connectivity index (χ4v) is 2.43. The zero-order chi connectivity index (χ0) is 10.8. The molecule has 2 heterocycles. The Morgan fingerprint density at radius 1 is 1.67 bits per heavy atom. The van der Waals surface area contributed by atoms with E-state index in [1.807, 2.05) is 6.92 Å². The lowest BCUT2D eigenvalue weighted by molar-refractivity contribution is 0.246. The molecule has 1 aromatic heterocycles. The van der Waals surface area contributed by atoms with Crippen LogP contribution in [0, 0.1) is 6.92 Å². The van der Waals surface area contributed by atoms with Gasteiger partial charge in [0, 0.05) is 18.2 Å². The van der Waals surface area contributed by atoms with E-state index in [2.05, 4.69) is 17.0 Å². The second-order valence-electron chi connectivity index (χ2n) is 4.29. The summed E-state index contributed by atoms with van der Waals surface area (Å²) >= 11 is 0. The van der Waals surface area contributed by atoms with Crippen molar-refractivity contribution >= 4 is 0 Å². The minimum absolute atomic E-state index is 0.217. The van der Waals surface area contributed by atoms with Gasteiger partial charge in [0.25, 0.3) is 0 Å². The Bertz CT molecular complexity index is 321. The van der Waals surface area contributed by atoms with Crippen LogP contribution in [0.2, 0.25) is 0 Å². The molecule has 0 bridgehead atoms. The van der Waals surface area contributed by atoms with Crippen molar-refractivity contribution in [3.63, 3.8) is 0 Å². The second kappa shape index (κ2) is 4.33. The molecule has 1 aromatic rings. The summed E-state index contributed by atoms with van der Waals surface area (Å²) in [5.41, 5.74) is 8.28. The lowest BCUT2D eigenvalue weighted by Crippen LogP contribution is -2.32. The Labute approximate surface area is 90.4 Å². The number of aryl methyl sites for hydroxylation is 1. The number of nitrogens with zero attached hydrogens (tertiary/aromatic N) is 2. The first-order valence-corrected chi connectivity index (χ1v) is 5.64. The monoisotopic (exact) mass is 209 g/mol. The molecular weight excluding hydrogens is 190 g/mol. The largest absolute Gasteiger partial charge is 0.364 e. The van der Waals surface area contributed by atoms with Crippen LogP contribution in [0.5, 0.6) is 0 Å². The van der Waals surface area contributed by atoms with E-state index in [1.165, 1.54) is 0 Å². The lowest BCUT2D eigenvalue weighted by Gasteiger charge is -2.25. The molecule has 84 valence electrons. The average molecular weight is 209 g/mol. The number of rotatable bonds is 3. The van der Waals surface area contributed by atoms with E-state index in [4.69, 9.17) is 10.3 Å². The number of hydrogen-bond donors (Lipinski definition) is 1. The van der Waals surface area contributed by atoms with Crippen LogP contribution in [0.1, 0.15) is 37.1 Å². The van der Waals surface area contributed by atoms with Crippen molar-refractivity contribution in [1.82, 2.24) is 10.1 Å². The zero-order valence-electron chi connectivity index (χ0n) is 9.44. The number of hydrogen-bond acceptors (Lipinski definition) is 4. The molecule has 4 nitrogen and oxygen atoms in total. The smallest absolute Gasteiger partial charge is 0.128 e. The second-order valence-corrected chi connectivity index (χ2v) is 4.29. The van der Waals surface area contributed by atoms with E-state index in [1.54, 1.807) is 6.26 Å². The van der Waals surface area contributed by atoms with Crippen molar-refractivity contribution in [3.05, 3.63) is 17.5 Å². The summed E-state index contributed by atoms with van der Waals surface area (Å²) in [6.07, 6.45) is 3.97. The van der Waals surface area contributed by atoms with Gasteiger partial charge in [0.2, 0.25) is 0 Å². The van der Waals surface area contributed by atoms with E-state index in [9.17, 15) is 0 Å². The maximum absolute atomic E-state index is 6.15. The molecule has 2 rings (SSSR count). The van der Waals surface area contributed by atoms with Gasteiger partial charge in [-0.3, -0.25) is 4.90 Å². The number of likely N-dealkylation sites (tertiary alicyclic amines) is 1. The molecule has 0 radical (unpaired) electrons. The summed E-state index contributed by atoms with van der Waals surface area (Å²) in [6, 6.07) is 0.519. The molecule has 2 atom stereocenters. The van der Waals surface area contributed by atoms with Crippen molar-refractivity contribution in [2.24, 2.45) is 5.73 Å². The minimum Gasteiger partial charge on any atom is -0.364 e. The van der Waals surface area contributed by atoms with Gasteiger partial charge >= 0.3 is 0 Å². The van der Waals surface area contributed by atoms with Crippen LogP contribution < -0.4 is 5.73 Å². The molecule has 0 unspecified atom stereocenters. The van der Waals surface area contributed by atoms with Crippen LogP contribution in [0.3, 0.4) is 0 Å². The molecule has 0 amide bonds. The van der Waals surface area contributed by atoms with Gasteiger partial charge in [-0.15, -0.1) is 0 Å². The van der Waals surface area contributed by atoms with Crippen LogP contribution in [0.4, 0.5) is 0 Å². The Morgan fingerprint density at radius 2 is 2.47 bits per heavy atom. The SMILES string of the molecule is CCCN1CC[C@H](N)[C@H]1c1conc1C. The van der Waals surface area contributed by atoms with Crippen molar-refractivity contribution in [2.75, 3.05) is 13.1 Å². The Balaban J connectivity index is 2.21. The number of aromatic nitrogens is 1. The van der Waals surface area contributed by atoms with Gasteiger partial charge in [-0.25, -0.2) is 0 Å². The topological polar surface area (TPSA) is 55.3 Å². The zero-order valence-corrected chi connectivity index (χ0v) is 9.44. The summed E-state index contributed by atoms with van der Waals surface area (Å²) in [5.74, 6) is 0. The van der Waals surface area contributed by atoms with Crippen LogP contribution in [0.15, 0.2) is 10.8 Å². The molecule has 15 heavy (non-hydrogen) atoms. The lowest BCUT2D eigenvalue weighted by atomic mass is 10.0. The highest BCUT2D eigenvalue weighted by molar-refractivity contribution is 5.21. The van der Waals surface area contributed by atoms with E-state index < -0.39 is 0 Å². The van der Waals surface area contributed by atoms with Crippen molar-refractivity contribution in [3.8, 4) is 0 Å². The normalized spacial score (nSPS) is 27.4. The quantitative estimate of drug-likeness (QED) is 0.819. The highest BCUT2D eigenvalue weighted by Gasteiger charge is 2.34. The molecule has 1 aliphatic heterocycles. The molecule has 1 aliphatic rings. The molecule has 1 saturated heterocycles. The molecule has 2 N–H and O–H groups in total. The van der Waals surface area contributed by atoms with Crippen LogP contribution >= 0.6 is 0 Å². The summed E-state index contributed by atoms with van der Waals surface area (Å²) in [7, 11) is 0. The highest BCUT2D eigenvalue weighted by Crippen LogP contribution is 2.32. The predicted molar refractivity (Wildman–Crippen MR) is 58.4 cm³/mol. The molecule has 1 fully saturated rings. The molecule has 0 aliphatic carbocycles. The van der Waals surface area contributed by atoms with Gasteiger partial charge in [0.05, 0.1) is 11.7 Å². The minimum atomic E-state index is 0.217. The predicted octanol–water partition coefficient (Wildman–Crippen LogP) is 1.47. The summed E-state index contributed by atoms with van der Waals surface area (Å²) < 4.78 is 5.00. The third kappa shape index (κ3) is 1.92. The fourth-order valence-electron chi connectivity index (χ4n) is 2.43. The van der Waals surface area contributed by atoms with Crippen LogP contribution in [0.25, 0.3) is 0 Å². The molecule has 0 aromatic carbocycles. The van der Waals surface area contributed by atoms with E-state index in [0.717, 1.165) is 37.2 Å². The standard InChI is InChI=1S/C11H19N3O/c1-3-5-14-6-4-10(12)11(14)9-7-15-13-8(9)2/h7,10-11H,3-6,12H2,1-2H3/t10-,11+/m0/s1. The van der Waals surface area contributed by atoms with Gasteiger partial charge in [-0.1, -0.05) is 12.1 Å². The Hall–Kier alpha value is -0.870. The van der Waals surface area contributed by atoms with E-state index in [-0.39, 0.29) is 6.04 Å². The Kier molecular flexibility index (Phi) is 3.07. The fraction of sp³-hybridized carbons (Fsp3) is 0.727. The number of nitrogens with two attached hydrogens (primary N) is 1. The molecule has 0 spiro atoms. The average Bonchev–Trinajstić information content (AvgIpc) is 2.75. The third-order valence-electron chi connectivity index (χ3n) is 3.17. The van der Waals surface area contributed by atoms with Gasteiger partial charge in [0.15, 0.2) is 0 Å². The first-order valence-electron chi connectivity index (χ1n) is 5.64. The van der Waals surface area contributed by atoms with Gasteiger partial charge in [0.1, 0.15) is 6.26 Å². The summed E-state index contributed by atoms with van der Waals surface area (Å²) in [4.78, 5) is 2.43. The maximum Gasteiger partial charge on any atom is 0.128 e. The summed E-state index contributed by atoms with van der Waals surface area (Å²) in [5, 5.41) is 3.93. The van der Waals surface area contributed by atoms with E-state index in [0.29, 0.717) is 6.04 Å². The van der Waals surface area contributed by atoms with Crippen LogP contribution in [-0.4, -0.2) is 29.2 Å². The van der Waals surface area contributed by atoms with Gasteiger partial charge in [-0.05, 0) is 26.3 Å². The third-order valence-corrected chi connectivity index (χ3v) is 3.17. The molecule has 0 saturated carbocycles. The Morgan fingerprint density at radius 3 is 3.07 bits per heavy atom. The highest BCUT2D eigenvalue weighted by atomic mass is 16.5. The van der Waals surface area contributed by atoms with Crippen molar-refractivity contribution < 1.29 is 4.52 Å². The van der Waals surface area contributed by atoms with Crippen LogP contribution in [-0.2, 0) is 0 Å². The maximum atomic E-state index is 6.15. The molecule has 4 heteroatoms. The summed E-state index contributed by atoms with van der Waals surface area (Å²) in [6.45, 7) is 6.36. The first-order chi connectivity index (χ1) is 7.24. The van der Waals surface area contributed by atoms with Crippen molar-refractivity contribution in [1.29, 1.82) is 0 Å². The van der Waals surface area contributed by atoms with Gasteiger partial charge in [-0.2, -0.15) is 0 Å².